The standard InChI is InChI=1S/C26H29FN3O6P/c27-20-10-7-18(8-11-20)5-2-1-3-13-34-25-12-9-19(15-21(25)24-6-4-14-35-24)23-16-29-26(30-23)22(28)17-36-37(31,32)33/h4,6-12,14-16,22H,1-3,5,13,17,28H2,(H,29,30)(H2,31,32,33). The molecule has 2 aromatic carbocycles. The number of H-pyrrole nitrogens is 1. The lowest BCUT2D eigenvalue weighted by atomic mass is 10.1. The molecule has 4 aromatic rings. The van der Waals surface area contributed by atoms with Gasteiger partial charge >= 0.3 is 7.82 Å². The summed E-state index contributed by atoms with van der Waals surface area (Å²) in [6.07, 6.45) is 6.93. The second-order valence-corrected chi connectivity index (χ2v) is 9.79. The summed E-state index contributed by atoms with van der Waals surface area (Å²) in [5.41, 5.74) is 9.31. The van der Waals surface area contributed by atoms with Gasteiger partial charge in [0.25, 0.3) is 0 Å². The third-order valence-corrected chi connectivity index (χ3v) is 6.21. The molecule has 2 heterocycles. The van der Waals surface area contributed by atoms with E-state index in [1.54, 1.807) is 18.5 Å². The topological polar surface area (TPSA) is 144 Å². The van der Waals surface area contributed by atoms with Gasteiger partial charge in [0, 0.05) is 5.56 Å². The Morgan fingerprint density at radius 2 is 1.92 bits per heavy atom. The fourth-order valence-corrected chi connectivity index (χ4v) is 4.17. The molecule has 0 saturated carbocycles. The van der Waals surface area contributed by atoms with Gasteiger partial charge in [-0.3, -0.25) is 4.52 Å². The molecule has 0 radical (unpaired) electrons. The first-order valence-electron chi connectivity index (χ1n) is 11.8. The SMILES string of the molecule is NC(COP(=O)(O)O)c1ncc(-c2ccc(OCCCCCc3ccc(F)cc3)c(-c3ccco3)c2)[nH]1. The molecule has 1 unspecified atom stereocenters. The maximum Gasteiger partial charge on any atom is 0.469 e. The predicted octanol–water partition coefficient (Wildman–Crippen LogP) is 5.38. The van der Waals surface area contributed by atoms with Crippen LogP contribution in [0.3, 0.4) is 0 Å². The minimum absolute atomic E-state index is 0.222. The van der Waals surface area contributed by atoms with E-state index in [9.17, 15) is 8.96 Å². The molecule has 37 heavy (non-hydrogen) atoms. The normalized spacial score (nSPS) is 12.5. The number of aromatic nitrogens is 2. The molecule has 0 amide bonds. The van der Waals surface area contributed by atoms with Crippen LogP contribution in [0.5, 0.6) is 5.75 Å². The number of nitrogens with two attached hydrogens (primary N) is 1. The summed E-state index contributed by atoms with van der Waals surface area (Å²) in [6.45, 7) is 0.157. The van der Waals surface area contributed by atoms with Crippen LogP contribution in [0.1, 0.15) is 36.7 Å². The fourth-order valence-electron chi connectivity index (χ4n) is 3.82. The lowest BCUT2D eigenvalue weighted by Gasteiger charge is -2.12. The highest BCUT2D eigenvalue weighted by Crippen LogP contribution is 2.37. The van der Waals surface area contributed by atoms with E-state index in [1.165, 1.54) is 12.1 Å². The monoisotopic (exact) mass is 529 g/mol. The molecule has 0 aliphatic heterocycles. The summed E-state index contributed by atoms with van der Waals surface area (Å²) in [6, 6.07) is 15.1. The number of benzene rings is 2. The van der Waals surface area contributed by atoms with Crippen molar-refractivity contribution in [2.75, 3.05) is 13.2 Å². The van der Waals surface area contributed by atoms with Crippen LogP contribution in [0.2, 0.25) is 0 Å². The van der Waals surface area contributed by atoms with Crippen LogP contribution >= 0.6 is 7.82 Å². The highest BCUT2D eigenvalue weighted by atomic mass is 31.2. The molecule has 0 saturated heterocycles. The van der Waals surface area contributed by atoms with Crippen LogP contribution in [0, 0.1) is 5.82 Å². The van der Waals surface area contributed by atoms with Crippen molar-refractivity contribution in [1.82, 2.24) is 9.97 Å². The number of aryl methyl sites for hydroxylation is 1. The molecule has 9 nitrogen and oxygen atoms in total. The number of nitrogens with one attached hydrogen (secondary N) is 1. The van der Waals surface area contributed by atoms with Crippen molar-refractivity contribution < 1.29 is 32.4 Å². The van der Waals surface area contributed by atoms with E-state index in [2.05, 4.69) is 14.5 Å². The molecular weight excluding hydrogens is 500 g/mol. The summed E-state index contributed by atoms with van der Waals surface area (Å²) in [7, 11) is -4.62. The van der Waals surface area contributed by atoms with Gasteiger partial charge in [0.1, 0.15) is 23.2 Å². The summed E-state index contributed by atoms with van der Waals surface area (Å²) in [5.74, 6) is 1.45. The predicted molar refractivity (Wildman–Crippen MR) is 136 cm³/mol. The quantitative estimate of drug-likeness (QED) is 0.134. The van der Waals surface area contributed by atoms with E-state index in [4.69, 9.17) is 24.7 Å². The van der Waals surface area contributed by atoms with Crippen molar-refractivity contribution in [2.45, 2.75) is 31.7 Å². The van der Waals surface area contributed by atoms with E-state index in [-0.39, 0.29) is 12.4 Å². The zero-order valence-corrected chi connectivity index (χ0v) is 20.9. The molecule has 0 aliphatic rings. The number of hydrogen-bond acceptors (Lipinski definition) is 6. The average Bonchev–Trinajstić information content (AvgIpc) is 3.58. The van der Waals surface area contributed by atoms with Gasteiger partial charge in [-0.05, 0) is 73.7 Å². The second kappa shape index (κ2) is 12.3. The number of furan rings is 1. The van der Waals surface area contributed by atoms with Crippen molar-refractivity contribution in [1.29, 1.82) is 0 Å². The minimum Gasteiger partial charge on any atom is -0.493 e. The number of phosphoric acid groups is 1. The summed E-state index contributed by atoms with van der Waals surface area (Å²) in [5, 5.41) is 0. The Labute approximate surface area is 213 Å². The Morgan fingerprint density at radius 3 is 2.65 bits per heavy atom. The molecule has 5 N–H and O–H groups in total. The number of hydrogen-bond donors (Lipinski definition) is 4. The van der Waals surface area contributed by atoms with E-state index in [0.29, 0.717) is 29.6 Å². The molecule has 2 aromatic heterocycles. The molecule has 1 atom stereocenters. The maximum atomic E-state index is 13.0. The number of unbranched alkanes of at least 4 members (excludes halogenated alkanes) is 2. The van der Waals surface area contributed by atoms with Gasteiger partial charge in [-0.2, -0.15) is 0 Å². The molecule has 11 heteroatoms. The first kappa shape index (κ1) is 26.8. The lowest BCUT2D eigenvalue weighted by Crippen LogP contribution is -2.17. The van der Waals surface area contributed by atoms with Crippen LogP contribution < -0.4 is 10.5 Å². The fraction of sp³-hybridized carbons (Fsp3) is 0.269. The van der Waals surface area contributed by atoms with E-state index >= 15 is 0 Å². The third-order valence-electron chi connectivity index (χ3n) is 5.73. The zero-order valence-electron chi connectivity index (χ0n) is 20.0. The number of imidazole rings is 1. The molecule has 196 valence electrons. The molecule has 0 aliphatic carbocycles. The number of ether oxygens (including phenoxy) is 1. The number of halogens is 1. The maximum absolute atomic E-state index is 13.0. The van der Waals surface area contributed by atoms with Gasteiger partial charge in [0.15, 0.2) is 0 Å². The molecular formula is C26H29FN3O6P. The summed E-state index contributed by atoms with van der Waals surface area (Å²) in [4.78, 5) is 25.1. The molecule has 0 spiro atoms. The van der Waals surface area contributed by atoms with E-state index < -0.39 is 13.9 Å². The molecule has 0 bridgehead atoms. The molecule has 0 fully saturated rings. The highest BCUT2D eigenvalue weighted by molar-refractivity contribution is 7.46. The lowest BCUT2D eigenvalue weighted by molar-refractivity contribution is 0.185. The number of aromatic amines is 1. The van der Waals surface area contributed by atoms with Gasteiger partial charge in [-0.25, -0.2) is 13.9 Å². The van der Waals surface area contributed by atoms with Crippen LogP contribution in [-0.2, 0) is 15.5 Å². The largest absolute Gasteiger partial charge is 0.493 e. The Bertz CT molecular complexity index is 1320. The number of nitrogens with zero attached hydrogens (tertiary/aromatic N) is 1. The number of rotatable bonds is 13. The van der Waals surface area contributed by atoms with Crippen molar-refractivity contribution in [3.8, 4) is 28.3 Å². The Balaban J connectivity index is 1.37. The Hall–Kier alpha value is -3.27. The summed E-state index contributed by atoms with van der Waals surface area (Å²) < 4.78 is 40.1. The number of phosphoric ester groups is 1. The second-order valence-electron chi connectivity index (χ2n) is 8.55. The van der Waals surface area contributed by atoms with Crippen molar-refractivity contribution in [2.24, 2.45) is 5.73 Å². The van der Waals surface area contributed by atoms with Crippen LogP contribution in [0.4, 0.5) is 4.39 Å². The van der Waals surface area contributed by atoms with E-state index in [0.717, 1.165) is 42.4 Å². The van der Waals surface area contributed by atoms with Gasteiger partial charge < -0.3 is 29.7 Å². The Morgan fingerprint density at radius 1 is 1.11 bits per heavy atom. The molecule has 4 rings (SSSR count). The first-order chi connectivity index (χ1) is 17.8. The van der Waals surface area contributed by atoms with E-state index in [1.807, 2.05) is 36.4 Å². The smallest absolute Gasteiger partial charge is 0.469 e. The average molecular weight is 530 g/mol. The van der Waals surface area contributed by atoms with Crippen molar-refractivity contribution >= 4 is 7.82 Å². The summed E-state index contributed by atoms with van der Waals surface area (Å²) >= 11 is 0. The van der Waals surface area contributed by atoms with Crippen molar-refractivity contribution in [3.05, 3.63) is 84.3 Å². The van der Waals surface area contributed by atoms with Gasteiger partial charge in [0.2, 0.25) is 0 Å². The van der Waals surface area contributed by atoms with Gasteiger partial charge in [-0.1, -0.05) is 12.1 Å². The highest BCUT2D eigenvalue weighted by Gasteiger charge is 2.19. The minimum atomic E-state index is -4.62. The zero-order chi connectivity index (χ0) is 26.3. The van der Waals surface area contributed by atoms with Crippen LogP contribution in [0.15, 0.2) is 71.5 Å². The van der Waals surface area contributed by atoms with Gasteiger partial charge in [0.05, 0.1) is 43.0 Å². The Kier molecular flexibility index (Phi) is 8.91. The van der Waals surface area contributed by atoms with Crippen LogP contribution in [-0.4, -0.2) is 33.0 Å². The first-order valence-corrected chi connectivity index (χ1v) is 13.4. The van der Waals surface area contributed by atoms with Crippen LogP contribution in [0.25, 0.3) is 22.6 Å². The third kappa shape index (κ3) is 7.85. The van der Waals surface area contributed by atoms with Crippen molar-refractivity contribution in [3.63, 3.8) is 0 Å². The van der Waals surface area contributed by atoms with Gasteiger partial charge in [-0.15, -0.1) is 0 Å².